The Hall–Kier alpha value is -2.49. The molecule has 0 fully saturated rings. The molecule has 0 bridgehead atoms. The fraction of sp³-hybridized carbons (Fsp3) is 0.350. The van der Waals surface area contributed by atoms with E-state index in [1.807, 2.05) is 24.3 Å². The molecule has 4 heteroatoms. The third-order valence-electron chi connectivity index (χ3n) is 4.16. The van der Waals surface area contributed by atoms with Crippen LogP contribution in [0.1, 0.15) is 36.2 Å². The number of benzene rings is 2. The molecule has 0 amide bonds. The van der Waals surface area contributed by atoms with Gasteiger partial charge in [-0.2, -0.15) is 0 Å². The molecule has 0 aliphatic carbocycles. The van der Waals surface area contributed by atoms with Gasteiger partial charge in [-0.05, 0) is 53.8 Å². The molecule has 0 radical (unpaired) electrons. The lowest BCUT2D eigenvalue weighted by Crippen LogP contribution is -2.21. The third-order valence-corrected chi connectivity index (χ3v) is 4.16. The van der Waals surface area contributed by atoms with Crippen molar-refractivity contribution in [3.05, 3.63) is 59.7 Å². The predicted molar refractivity (Wildman–Crippen MR) is 93.9 cm³/mol. The second-order valence-electron chi connectivity index (χ2n) is 6.23. The molecule has 0 spiro atoms. The topological polar surface area (TPSA) is 44.8 Å². The molecule has 0 aliphatic heterocycles. The molecule has 0 aliphatic rings. The quantitative estimate of drug-likeness (QED) is 0.714. The zero-order valence-electron chi connectivity index (χ0n) is 14.7. The van der Waals surface area contributed by atoms with E-state index in [0.29, 0.717) is 17.9 Å². The summed E-state index contributed by atoms with van der Waals surface area (Å²) in [5.74, 6) is 1.23. The second kappa shape index (κ2) is 7.86. The number of ether oxygens (including phenoxy) is 3. The monoisotopic (exact) mass is 328 g/mol. The van der Waals surface area contributed by atoms with Crippen LogP contribution in [0.15, 0.2) is 48.5 Å². The SMILES string of the molecule is COc1ccc(C(=O)OCCC(C)(C)c2ccc(OC)cc2)cc1. The summed E-state index contributed by atoms with van der Waals surface area (Å²) in [5.41, 5.74) is 1.62. The van der Waals surface area contributed by atoms with Crippen LogP contribution in [0, 0.1) is 0 Å². The maximum atomic E-state index is 12.1. The van der Waals surface area contributed by atoms with Crippen LogP contribution in [0.5, 0.6) is 11.5 Å². The lowest BCUT2D eigenvalue weighted by molar-refractivity contribution is 0.0480. The summed E-state index contributed by atoms with van der Waals surface area (Å²) in [6.07, 6.45) is 0.737. The van der Waals surface area contributed by atoms with Crippen molar-refractivity contribution in [2.24, 2.45) is 0 Å². The normalized spacial score (nSPS) is 11.0. The smallest absolute Gasteiger partial charge is 0.338 e. The van der Waals surface area contributed by atoms with Crippen molar-refractivity contribution in [3.63, 3.8) is 0 Å². The molecule has 0 saturated carbocycles. The number of rotatable bonds is 7. The van der Waals surface area contributed by atoms with Crippen molar-refractivity contribution in [2.75, 3.05) is 20.8 Å². The number of hydrogen-bond donors (Lipinski definition) is 0. The Morgan fingerprint density at radius 2 is 1.38 bits per heavy atom. The highest BCUT2D eigenvalue weighted by atomic mass is 16.5. The minimum atomic E-state index is -0.316. The second-order valence-corrected chi connectivity index (χ2v) is 6.23. The Morgan fingerprint density at radius 1 is 0.875 bits per heavy atom. The van der Waals surface area contributed by atoms with E-state index in [2.05, 4.69) is 13.8 Å². The Morgan fingerprint density at radius 3 is 1.88 bits per heavy atom. The molecular weight excluding hydrogens is 304 g/mol. The van der Waals surface area contributed by atoms with Gasteiger partial charge in [0.15, 0.2) is 0 Å². The standard InChI is InChI=1S/C20H24O4/c1-20(2,16-7-11-18(23-4)12-8-16)13-14-24-19(21)15-5-9-17(22-3)10-6-15/h5-12H,13-14H2,1-4H3. The van der Waals surface area contributed by atoms with Gasteiger partial charge >= 0.3 is 5.97 Å². The Labute approximate surface area is 143 Å². The first kappa shape index (κ1) is 17.9. The Kier molecular flexibility index (Phi) is 5.85. The molecule has 0 saturated heterocycles. The van der Waals surface area contributed by atoms with Gasteiger partial charge in [-0.25, -0.2) is 4.79 Å². The molecule has 0 unspecified atom stereocenters. The van der Waals surface area contributed by atoms with E-state index in [1.54, 1.807) is 38.5 Å². The van der Waals surface area contributed by atoms with Crippen LogP contribution in [0.4, 0.5) is 0 Å². The lowest BCUT2D eigenvalue weighted by Gasteiger charge is -2.25. The summed E-state index contributed by atoms with van der Waals surface area (Å²) < 4.78 is 15.7. The van der Waals surface area contributed by atoms with Crippen LogP contribution in [-0.4, -0.2) is 26.8 Å². The van der Waals surface area contributed by atoms with Crippen LogP contribution >= 0.6 is 0 Å². The minimum Gasteiger partial charge on any atom is -0.497 e. The van der Waals surface area contributed by atoms with Crippen molar-refractivity contribution in [2.45, 2.75) is 25.7 Å². The predicted octanol–water partition coefficient (Wildman–Crippen LogP) is 4.23. The minimum absolute atomic E-state index is 0.0908. The van der Waals surface area contributed by atoms with Crippen molar-refractivity contribution in [3.8, 4) is 11.5 Å². The first-order valence-corrected chi connectivity index (χ1v) is 7.92. The van der Waals surface area contributed by atoms with E-state index >= 15 is 0 Å². The molecule has 0 heterocycles. The van der Waals surface area contributed by atoms with Crippen LogP contribution in [-0.2, 0) is 10.2 Å². The molecular formula is C20H24O4. The fourth-order valence-corrected chi connectivity index (χ4v) is 2.40. The Bertz CT molecular complexity index is 657. The van der Waals surface area contributed by atoms with E-state index in [0.717, 1.165) is 12.2 Å². The van der Waals surface area contributed by atoms with Gasteiger partial charge in [0.05, 0.1) is 26.4 Å². The summed E-state index contributed by atoms with van der Waals surface area (Å²) in [5, 5.41) is 0. The highest BCUT2D eigenvalue weighted by Crippen LogP contribution is 2.28. The largest absolute Gasteiger partial charge is 0.497 e. The van der Waals surface area contributed by atoms with E-state index in [4.69, 9.17) is 14.2 Å². The number of methoxy groups -OCH3 is 2. The van der Waals surface area contributed by atoms with E-state index < -0.39 is 0 Å². The highest BCUT2D eigenvalue weighted by molar-refractivity contribution is 5.89. The summed E-state index contributed by atoms with van der Waals surface area (Å²) in [6.45, 7) is 4.63. The zero-order valence-corrected chi connectivity index (χ0v) is 14.7. The molecule has 24 heavy (non-hydrogen) atoms. The summed E-state index contributed by atoms with van der Waals surface area (Å²) in [7, 11) is 3.24. The average molecular weight is 328 g/mol. The van der Waals surface area contributed by atoms with Gasteiger partial charge in [-0.3, -0.25) is 0 Å². The first-order chi connectivity index (χ1) is 11.5. The summed E-state index contributed by atoms with van der Waals surface area (Å²) in [6, 6.07) is 14.9. The van der Waals surface area contributed by atoms with Crippen LogP contribution in [0.25, 0.3) is 0 Å². The maximum absolute atomic E-state index is 12.1. The maximum Gasteiger partial charge on any atom is 0.338 e. The number of carbonyl (C=O) groups is 1. The van der Waals surface area contributed by atoms with Gasteiger partial charge < -0.3 is 14.2 Å². The molecule has 128 valence electrons. The zero-order chi connectivity index (χ0) is 17.6. The third kappa shape index (κ3) is 4.51. The van der Waals surface area contributed by atoms with Crippen molar-refractivity contribution in [1.29, 1.82) is 0 Å². The van der Waals surface area contributed by atoms with Crippen molar-refractivity contribution in [1.82, 2.24) is 0 Å². The fourth-order valence-electron chi connectivity index (χ4n) is 2.40. The molecule has 2 aromatic carbocycles. The number of hydrogen-bond acceptors (Lipinski definition) is 4. The van der Waals surface area contributed by atoms with Gasteiger partial charge in [0.1, 0.15) is 11.5 Å². The molecule has 0 aromatic heterocycles. The molecule has 2 aromatic rings. The van der Waals surface area contributed by atoms with E-state index in [-0.39, 0.29) is 11.4 Å². The van der Waals surface area contributed by atoms with E-state index in [9.17, 15) is 4.79 Å². The van der Waals surface area contributed by atoms with Crippen LogP contribution in [0.2, 0.25) is 0 Å². The number of carbonyl (C=O) groups excluding carboxylic acids is 1. The first-order valence-electron chi connectivity index (χ1n) is 7.92. The molecule has 0 atom stereocenters. The van der Waals surface area contributed by atoms with Gasteiger partial charge in [-0.15, -0.1) is 0 Å². The van der Waals surface area contributed by atoms with Crippen molar-refractivity contribution < 1.29 is 19.0 Å². The van der Waals surface area contributed by atoms with Gasteiger partial charge in [0.2, 0.25) is 0 Å². The Balaban J connectivity index is 1.90. The number of esters is 1. The van der Waals surface area contributed by atoms with Crippen molar-refractivity contribution >= 4 is 5.97 Å². The van der Waals surface area contributed by atoms with E-state index in [1.165, 1.54) is 5.56 Å². The molecule has 4 nitrogen and oxygen atoms in total. The average Bonchev–Trinajstić information content (AvgIpc) is 2.61. The van der Waals surface area contributed by atoms with Crippen LogP contribution in [0.3, 0.4) is 0 Å². The van der Waals surface area contributed by atoms with Gasteiger partial charge in [0, 0.05) is 0 Å². The van der Waals surface area contributed by atoms with Crippen LogP contribution < -0.4 is 9.47 Å². The summed E-state index contributed by atoms with van der Waals surface area (Å²) >= 11 is 0. The molecule has 2 rings (SSSR count). The molecule has 0 N–H and O–H groups in total. The highest BCUT2D eigenvalue weighted by Gasteiger charge is 2.21. The summed E-state index contributed by atoms with van der Waals surface area (Å²) in [4.78, 5) is 12.1. The van der Waals surface area contributed by atoms with Gasteiger partial charge in [-0.1, -0.05) is 26.0 Å². The van der Waals surface area contributed by atoms with Gasteiger partial charge in [0.25, 0.3) is 0 Å². The lowest BCUT2D eigenvalue weighted by atomic mass is 9.82.